The Hall–Kier alpha value is -3.02. The zero-order valence-corrected chi connectivity index (χ0v) is 10.3. The molecule has 0 aliphatic carbocycles. The maximum absolute atomic E-state index is 11.7. The molecule has 0 saturated heterocycles. The minimum atomic E-state index is -0.590. The van der Waals surface area contributed by atoms with Crippen LogP contribution in [-0.4, -0.2) is 11.8 Å². The van der Waals surface area contributed by atoms with E-state index in [9.17, 15) is 4.79 Å². The molecule has 0 aliphatic rings. The summed E-state index contributed by atoms with van der Waals surface area (Å²) in [5.41, 5.74) is 5.84. The summed E-state index contributed by atoms with van der Waals surface area (Å²) in [6.45, 7) is 0. The summed E-state index contributed by atoms with van der Waals surface area (Å²) in [6, 6.07) is 9.67. The highest BCUT2D eigenvalue weighted by atomic mass is 16.5. The minimum absolute atomic E-state index is 0.119. The fourth-order valence-electron chi connectivity index (χ4n) is 1.76. The van der Waals surface area contributed by atoms with Crippen LogP contribution in [0, 0.1) is 5.41 Å². The molecule has 6 heteroatoms. The van der Waals surface area contributed by atoms with Crippen molar-refractivity contribution in [1.82, 2.24) is 0 Å². The summed E-state index contributed by atoms with van der Waals surface area (Å²) in [7, 11) is 0. The minimum Gasteiger partial charge on any atom is -0.457 e. The van der Waals surface area contributed by atoms with E-state index in [4.69, 9.17) is 24.7 Å². The van der Waals surface area contributed by atoms with E-state index in [2.05, 4.69) is 0 Å². The molecular weight excluding hydrogens is 260 g/mol. The molecule has 0 radical (unpaired) electrons. The highest BCUT2D eigenvalue weighted by Crippen LogP contribution is 2.24. The van der Waals surface area contributed by atoms with Crippen LogP contribution in [0.4, 0.5) is 0 Å². The summed E-state index contributed by atoms with van der Waals surface area (Å²) in [4.78, 5) is 11.7. The zero-order valence-electron chi connectivity index (χ0n) is 10.3. The number of carbonyl (C=O) groups is 1. The van der Waals surface area contributed by atoms with Crippen LogP contribution >= 0.6 is 0 Å². The number of furan rings is 2. The lowest BCUT2D eigenvalue weighted by molar-refractivity contribution is 0.0701. The Morgan fingerprint density at radius 3 is 2.75 bits per heavy atom. The normalized spacial score (nSPS) is 10.6. The van der Waals surface area contributed by atoms with Crippen molar-refractivity contribution in [3.63, 3.8) is 0 Å². The molecule has 6 nitrogen and oxygen atoms in total. The second-order valence-electron chi connectivity index (χ2n) is 4.09. The van der Waals surface area contributed by atoms with Crippen LogP contribution in [0.5, 0.6) is 5.75 Å². The van der Waals surface area contributed by atoms with Crippen molar-refractivity contribution in [3.05, 3.63) is 54.2 Å². The predicted molar refractivity (Wildman–Crippen MR) is 70.9 cm³/mol. The average Bonchev–Trinajstić information content (AvgIpc) is 3.07. The van der Waals surface area contributed by atoms with Gasteiger partial charge in [-0.05, 0) is 30.3 Å². The second kappa shape index (κ2) is 4.58. The number of nitrogens with two attached hydrogens (primary N) is 1. The maximum atomic E-state index is 11.7. The molecule has 0 unspecified atom stereocenters. The number of ether oxygens (including phenoxy) is 1. The van der Waals surface area contributed by atoms with Crippen LogP contribution in [0.3, 0.4) is 0 Å². The quantitative estimate of drug-likeness (QED) is 0.329. The van der Waals surface area contributed by atoms with E-state index >= 15 is 0 Å². The number of hydrogen-bond donors (Lipinski definition) is 2. The summed E-state index contributed by atoms with van der Waals surface area (Å²) in [6.07, 6.45) is 1.39. The number of benzene rings is 1. The number of hydrogen-bond acceptors (Lipinski definition) is 5. The molecule has 0 saturated carbocycles. The summed E-state index contributed by atoms with van der Waals surface area (Å²) in [5, 5.41) is 8.09. The van der Waals surface area contributed by atoms with Crippen molar-refractivity contribution in [1.29, 1.82) is 5.41 Å². The second-order valence-corrected chi connectivity index (χ2v) is 4.09. The summed E-state index contributed by atoms with van der Waals surface area (Å²) >= 11 is 0. The van der Waals surface area contributed by atoms with E-state index in [-0.39, 0.29) is 17.4 Å². The Bertz CT molecular complexity index is 787. The van der Waals surface area contributed by atoms with E-state index in [1.807, 2.05) is 0 Å². The van der Waals surface area contributed by atoms with Crippen LogP contribution in [0.25, 0.3) is 11.0 Å². The molecule has 0 fully saturated rings. The topological polar surface area (TPSA) is 102 Å². The van der Waals surface area contributed by atoms with Gasteiger partial charge in [-0.1, -0.05) is 0 Å². The Labute approximate surface area is 113 Å². The molecule has 20 heavy (non-hydrogen) atoms. The molecule has 3 rings (SSSR count). The molecule has 3 N–H and O–H groups in total. The van der Waals surface area contributed by atoms with Crippen molar-refractivity contribution in [2.75, 3.05) is 0 Å². The van der Waals surface area contributed by atoms with Gasteiger partial charge in [-0.3, -0.25) is 5.41 Å². The molecule has 3 aromatic rings. The van der Waals surface area contributed by atoms with Gasteiger partial charge in [-0.2, -0.15) is 0 Å². The Balaban J connectivity index is 1.89. The highest BCUT2D eigenvalue weighted by Gasteiger charge is 2.13. The molecular formula is C14H10N2O4. The van der Waals surface area contributed by atoms with Gasteiger partial charge in [0.15, 0.2) is 11.6 Å². The maximum Gasteiger partial charge on any atom is 0.379 e. The van der Waals surface area contributed by atoms with Gasteiger partial charge in [0.25, 0.3) is 0 Å². The van der Waals surface area contributed by atoms with Gasteiger partial charge in [-0.25, -0.2) is 4.79 Å². The van der Waals surface area contributed by atoms with Crippen LogP contribution in [0.1, 0.15) is 16.3 Å². The van der Waals surface area contributed by atoms with Gasteiger partial charge in [0.1, 0.15) is 11.3 Å². The van der Waals surface area contributed by atoms with Gasteiger partial charge in [-0.15, -0.1) is 0 Å². The third kappa shape index (κ3) is 2.14. The van der Waals surface area contributed by atoms with Gasteiger partial charge in [0, 0.05) is 11.5 Å². The van der Waals surface area contributed by atoms with Crippen LogP contribution in [0.15, 0.2) is 51.5 Å². The largest absolute Gasteiger partial charge is 0.457 e. The lowest BCUT2D eigenvalue weighted by Crippen LogP contribution is -2.09. The first-order chi connectivity index (χ1) is 9.63. The third-order valence-electron chi connectivity index (χ3n) is 2.69. The van der Waals surface area contributed by atoms with Gasteiger partial charge < -0.3 is 19.3 Å². The van der Waals surface area contributed by atoms with Crippen LogP contribution in [-0.2, 0) is 0 Å². The number of carbonyl (C=O) groups excluding carboxylic acids is 1. The molecule has 0 amide bonds. The van der Waals surface area contributed by atoms with Crippen molar-refractivity contribution in [2.45, 2.75) is 0 Å². The van der Waals surface area contributed by atoms with Crippen molar-refractivity contribution >= 4 is 22.8 Å². The first kappa shape index (κ1) is 12.0. The molecule has 0 spiro atoms. The van der Waals surface area contributed by atoms with E-state index < -0.39 is 5.97 Å². The first-order valence-electron chi connectivity index (χ1n) is 5.77. The number of nitrogen functional groups attached to an aromatic ring is 1. The van der Waals surface area contributed by atoms with Gasteiger partial charge in [0.05, 0.1) is 6.26 Å². The predicted octanol–water partition coefficient (Wildman–Crippen LogP) is 2.53. The smallest absolute Gasteiger partial charge is 0.379 e. The highest BCUT2D eigenvalue weighted by molar-refractivity contribution is 5.97. The Morgan fingerprint density at radius 2 is 2.05 bits per heavy atom. The first-order valence-corrected chi connectivity index (χ1v) is 5.77. The average molecular weight is 270 g/mol. The van der Waals surface area contributed by atoms with E-state index in [0.29, 0.717) is 11.3 Å². The van der Waals surface area contributed by atoms with Crippen molar-refractivity contribution < 1.29 is 18.4 Å². The lowest BCUT2D eigenvalue weighted by atomic mass is 10.2. The fraction of sp³-hybridized carbons (Fsp3) is 0. The number of rotatable bonds is 3. The number of amidine groups is 1. The summed E-state index contributed by atoms with van der Waals surface area (Å²) < 4.78 is 15.5. The van der Waals surface area contributed by atoms with E-state index in [1.54, 1.807) is 30.3 Å². The SMILES string of the molecule is N=C(N)c1cc2ccc(OC(=O)c3ccco3)cc2o1. The third-order valence-corrected chi connectivity index (χ3v) is 2.69. The number of nitrogens with one attached hydrogen (secondary N) is 1. The standard InChI is InChI=1S/C14H10N2O4/c15-13(16)12-6-8-3-4-9(7-11(8)20-12)19-14(17)10-2-1-5-18-10/h1-7H,(H3,15,16). The fourth-order valence-corrected chi connectivity index (χ4v) is 1.76. The monoisotopic (exact) mass is 270 g/mol. The molecule has 2 aromatic heterocycles. The number of esters is 1. The lowest BCUT2D eigenvalue weighted by Gasteiger charge is -2.01. The van der Waals surface area contributed by atoms with Crippen molar-refractivity contribution in [3.8, 4) is 5.75 Å². The Kier molecular flexibility index (Phi) is 2.76. The van der Waals surface area contributed by atoms with Crippen molar-refractivity contribution in [2.24, 2.45) is 5.73 Å². The Morgan fingerprint density at radius 1 is 1.20 bits per heavy atom. The zero-order chi connectivity index (χ0) is 14.1. The molecule has 1 aromatic carbocycles. The van der Waals surface area contributed by atoms with Gasteiger partial charge >= 0.3 is 5.97 Å². The van der Waals surface area contributed by atoms with Crippen LogP contribution in [0.2, 0.25) is 0 Å². The molecule has 2 heterocycles. The van der Waals surface area contributed by atoms with E-state index in [0.717, 1.165) is 5.39 Å². The molecule has 0 atom stereocenters. The molecule has 0 aliphatic heterocycles. The molecule has 100 valence electrons. The van der Waals surface area contributed by atoms with Gasteiger partial charge in [0.2, 0.25) is 5.76 Å². The number of fused-ring (bicyclic) bond motifs is 1. The molecule has 0 bridgehead atoms. The van der Waals surface area contributed by atoms with Crippen LogP contribution < -0.4 is 10.5 Å². The summed E-state index contributed by atoms with van der Waals surface area (Å²) in [5.74, 6) is -0.0325. The van der Waals surface area contributed by atoms with E-state index in [1.165, 1.54) is 12.3 Å².